The van der Waals surface area contributed by atoms with Gasteiger partial charge in [0.25, 0.3) is 0 Å². The molecule has 7 heteroatoms. The van der Waals surface area contributed by atoms with E-state index in [0.29, 0.717) is 5.75 Å². The number of hydrogen-bond acceptors (Lipinski definition) is 6. The minimum atomic E-state index is -0.931. The molecule has 0 spiro atoms. The average Bonchev–Trinajstić information content (AvgIpc) is 3.25. The van der Waals surface area contributed by atoms with E-state index in [1.54, 1.807) is 18.0 Å². The number of benzene rings is 1. The molecule has 0 aliphatic rings. The van der Waals surface area contributed by atoms with E-state index in [4.69, 9.17) is 0 Å². The highest BCUT2D eigenvalue weighted by molar-refractivity contribution is 7.99. The van der Waals surface area contributed by atoms with E-state index < -0.39 is 5.60 Å². The molecule has 0 amide bonds. The molecule has 0 saturated heterocycles. The Balaban J connectivity index is 1.82. The lowest BCUT2D eigenvalue weighted by molar-refractivity contribution is 0.0175. The summed E-state index contributed by atoms with van der Waals surface area (Å²) in [6.45, 7) is 4.03. The molecule has 1 unspecified atom stereocenters. The first-order chi connectivity index (χ1) is 11.1. The number of thiazole rings is 1. The van der Waals surface area contributed by atoms with Crippen molar-refractivity contribution < 1.29 is 5.11 Å². The van der Waals surface area contributed by atoms with E-state index >= 15 is 0 Å². The van der Waals surface area contributed by atoms with Gasteiger partial charge in [-0.1, -0.05) is 43.8 Å². The molecule has 0 aliphatic carbocycles. The Morgan fingerprint density at radius 3 is 2.74 bits per heavy atom. The molecule has 1 N–H and O–H groups in total. The van der Waals surface area contributed by atoms with Crippen molar-refractivity contribution in [1.29, 1.82) is 0 Å². The van der Waals surface area contributed by atoms with E-state index in [1.807, 2.05) is 48.7 Å². The van der Waals surface area contributed by atoms with Crippen LogP contribution in [0.15, 0.2) is 53.5 Å². The molecule has 23 heavy (non-hydrogen) atoms. The van der Waals surface area contributed by atoms with Gasteiger partial charge in [0.1, 0.15) is 11.9 Å². The lowest BCUT2D eigenvalue weighted by atomic mass is 9.91. The lowest BCUT2D eigenvalue weighted by Gasteiger charge is -2.30. The maximum atomic E-state index is 11.1. The van der Waals surface area contributed by atoms with Crippen LogP contribution < -0.4 is 0 Å². The number of rotatable bonds is 6. The summed E-state index contributed by atoms with van der Waals surface area (Å²) in [4.78, 5) is 4.98. The largest absolute Gasteiger partial charge is 0.383 e. The van der Waals surface area contributed by atoms with Crippen LogP contribution in [0, 0.1) is 5.92 Å². The van der Waals surface area contributed by atoms with E-state index in [-0.39, 0.29) is 5.92 Å². The first-order valence-corrected chi connectivity index (χ1v) is 9.17. The molecule has 2 heterocycles. The first kappa shape index (κ1) is 16.2. The van der Waals surface area contributed by atoms with Gasteiger partial charge in [-0.15, -0.1) is 21.5 Å². The Bertz CT molecular complexity index is 743. The fraction of sp³-hybridized carbons (Fsp3) is 0.312. The fourth-order valence-electron chi connectivity index (χ4n) is 2.22. The van der Waals surface area contributed by atoms with E-state index in [2.05, 4.69) is 15.2 Å². The molecule has 0 aliphatic heterocycles. The number of aliphatic hydroxyl groups is 1. The Morgan fingerprint density at radius 1 is 1.30 bits per heavy atom. The van der Waals surface area contributed by atoms with Crippen molar-refractivity contribution in [3.05, 3.63) is 53.2 Å². The van der Waals surface area contributed by atoms with E-state index in [9.17, 15) is 5.11 Å². The molecule has 0 bridgehead atoms. The fourth-order valence-corrected chi connectivity index (χ4v) is 4.41. The van der Waals surface area contributed by atoms with E-state index in [1.165, 1.54) is 23.1 Å². The summed E-state index contributed by atoms with van der Waals surface area (Å²) in [5.74, 6) is 0.571. The predicted octanol–water partition coefficient (Wildman–Crippen LogP) is 3.36. The summed E-state index contributed by atoms with van der Waals surface area (Å²) in [5.41, 5.74) is 1.82. The highest BCUT2D eigenvalue weighted by Crippen LogP contribution is 2.37. The molecule has 0 radical (unpaired) electrons. The smallest absolute Gasteiger partial charge is 0.195 e. The summed E-state index contributed by atoms with van der Waals surface area (Å²) in [5, 5.41) is 20.1. The number of para-hydroxylation sites is 1. The van der Waals surface area contributed by atoms with Crippen molar-refractivity contribution in [1.82, 2.24) is 19.7 Å². The number of thioether (sulfide) groups is 1. The van der Waals surface area contributed by atoms with Crippen LogP contribution in [0.4, 0.5) is 0 Å². The predicted molar refractivity (Wildman–Crippen MR) is 92.9 cm³/mol. The molecule has 5 nitrogen and oxygen atoms in total. The Morgan fingerprint density at radius 2 is 2.09 bits per heavy atom. The number of aromatic nitrogens is 4. The average molecular weight is 346 g/mol. The first-order valence-electron chi connectivity index (χ1n) is 7.31. The van der Waals surface area contributed by atoms with Crippen molar-refractivity contribution >= 4 is 23.1 Å². The van der Waals surface area contributed by atoms with Crippen molar-refractivity contribution in [2.75, 3.05) is 5.75 Å². The van der Waals surface area contributed by atoms with Crippen molar-refractivity contribution in [3.8, 4) is 5.69 Å². The van der Waals surface area contributed by atoms with E-state index in [0.717, 1.165) is 15.7 Å². The molecule has 0 saturated carbocycles. The SMILES string of the molecule is CC(C)C(O)(CSc1nncn1-c1ccccc1)c1cncs1. The zero-order valence-corrected chi connectivity index (χ0v) is 14.6. The second-order valence-electron chi connectivity index (χ2n) is 5.55. The maximum Gasteiger partial charge on any atom is 0.195 e. The summed E-state index contributed by atoms with van der Waals surface area (Å²) < 4.78 is 1.93. The highest BCUT2D eigenvalue weighted by atomic mass is 32.2. The van der Waals surface area contributed by atoms with Gasteiger partial charge >= 0.3 is 0 Å². The van der Waals surface area contributed by atoms with Gasteiger partial charge in [-0.05, 0) is 18.1 Å². The van der Waals surface area contributed by atoms with Crippen LogP contribution in [0.2, 0.25) is 0 Å². The molecule has 0 fully saturated rings. The topological polar surface area (TPSA) is 63.8 Å². The van der Waals surface area contributed by atoms with Crippen molar-refractivity contribution in [2.24, 2.45) is 5.92 Å². The third kappa shape index (κ3) is 3.31. The summed E-state index contributed by atoms with van der Waals surface area (Å²) in [6.07, 6.45) is 3.44. The highest BCUT2D eigenvalue weighted by Gasteiger charge is 2.35. The molecular formula is C16H18N4OS2. The third-order valence-electron chi connectivity index (χ3n) is 3.79. The molecule has 3 rings (SSSR count). The molecule has 1 aromatic carbocycles. The monoisotopic (exact) mass is 346 g/mol. The van der Waals surface area contributed by atoms with Gasteiger partial charge in [0.05, 0.1) is 10.4 Å². The molecular weight excluding hydrogens is 328 g/mol. The third-order valence-corrected chi connectivity index (χ3v) is 5.85. The zero-order chi connectivity index (χ0) is 16.3. The minimum absolute atomic E-state index is 0.0727. The maximum absolute atomic E-state index is 11.1. The van der Waals surface area contributed by atoms with Crippen LogP contribution in [0.5, 0.6) is 0 Å². The van der Waals surface area contributed by atoms with Gasteiger partial charge in [-0.3, -0.25) is 9.55 Å². The zero-order valence-electron chi connectivity index (χ0n) is 13.0. The lowest BCUT2D eigenvalue weighted by Crippen LogP contribution is -2.34. The summed E-state index contributed by atoms with van der Waals surface area (Å²) >= 11 is 2.98. The Kier molecular flexibility index (Phi) is 4.79. The quantitative estimate of drug-likeness (QED) is 0.693. The summed E-state index contributed by atoms with van der Waals surface area (Å²) in [6, 6.07) is 9.94. The molecule has 2 aromatic heterocycles. The molecule has 1 atom stereocenters. The van der Waals surface area contributed by atoms with Gasteiger partial charge in [0.15, 0.2) is 5.16 Å². The van der Waals surface area contributed by atoms with Crippen LogP contribution >= 0.6 is 23.1 Å². The van der Waals surface area contributed by atoms with Gasteiger partial charge < -0.3 is 5.11 Å². The van der Waals surface area contributed by atoms with Crippen molar-refractivity contribution in [2.45, 2.75) is 24.6 Å². The van der Waals surface area contributed by atoms with Gasteiger partial charge in [-0.2, -0.15) is 0 Å². The second-order valence-corrected chi connectivity index (χ2v) is 7.38. The molecule has 3 aromatic rings. The molecule has 120 valence electrons. The van der Waals surface area contributed by atoms with Gasteiger partial charge in [0, 0.05) is 17.6 Å². The van der Waals surface area contributed by atoms with Crippen molar-refractivity contribution in [3.63, 3.8) is 0 Å². The van der Waals surface area contributed by atoms with Crippen LogP contribution in [-0.2, 0) is 5.60 Å². The number of hydrogen-bond donors (Lipinski definition) is 1. The van der Waals surface area contributed by atoms with Crippen LogP contribution in [0.25, 0.3) is 5.69 Å². The van der Waals surface area contributed by atoms with Gasteiger partial charge in [-0.25, -0.2) is 0 Å². The van der Waals surface area contributed by atoms with Gasteiger partial charge in [0.2, 0.25) is 0 Å². The second kappa shape index (κ2) is 6.82. The van der Waals surface area contributed by atoms with Crippen LogP contribution in [0.3, 0.4) is 0 Å². The standard InChI is InChI=1S/C16H18N4OS2/c1-12(2)16(21,14-8-17-11-23-14)9-22-15-19-18-10-20(15)13-6-4-3-5-7-13/h3-8,10-12,21H,9H2,1-2H3. The van der Waals surface area contributed by atoms with Crippen LogP contribution in [-0.4, -0.2) is 30.6 Å². The summed E-state index contributed by atoms with van der Waals surface area (Å²) in [7, 11) is 0. The number of nitrogens with zero attached hydrogens (tertiary/aromatic N) is 4. The minimum Gasteiger partial charge on any atom is -0.383 e. The van der Waals surface area contributed by atoms with Crippen LogP contribution in [0.1, 0.15) is 18.7 Å². The normalized spacial score (nSPS) is 14.1. The Labute approximate surface area is 143 Å². The Hall–Kier alpha value is -1.70.